The maximum absolute atomic E-state index is 14.0. The highest BCUT2D eigenvalue weighted by Crippen LogP contribution is 2.34. The van der Waals surface area contributed by atoms with Crippen LogP contribution in [0.1, 0.15) is 60.5 Å². The van der Waals surface area contributed by atoms with Gasteiger partial charge in [-0.2, -0.15) is 8.78 Å². The number of alkyl halides is 2. The van der Waals surface area contributed by atoms with Gasteiger partial charge < -0.3 is 15.1 Å². The van der Waals surface area contributed by atoms with E-state index in [1.54, 1.807) is 6.07 Å². The number of amides is 1. The second kappa shape index (κ2) is 10.3. The Balaban J connectivity index is 1.96. The summed E-state index contributed by atoms with van der Waals surface area (Å²) in [7, 11) is 0. The van der Waals surface area contributed by atoms with Gasteiger partial charge in [0.05, 0.1) is 12.1 Å². The summed E-state index contributed by atoms with van der Waals surface area (Å²) in [4.78, 5) is 25.3. The van der Waals surface area contributed by atoms with Crippen molar-refractivity contribution in [3.8, 4) is 0 Å². The molecule has 0 spiro atoms. The smallest absolute Gasteiger partial charge is 0.345 e. The van der Waals surface area contributed by atoms with E-state index in [1.807, 2.05) is 6.92 Å². The summed E-state index contributed by atoms with van der Waals surface area (Å²) in [5.41, 5.74) is 0. The molecule has 2 rings (SSSR count). The second-order valence-electron chi connectivity index (χ2n) is 7.64. The minimum atomic E-state index is -3.40. The topological polar surface area (TPSA) is 77.8 Å². The predicted molar refractivity (Wildman–Crippen MR) is 109 cm³/mol. The van der Waals surface area contributed by atoms with Gasteiger partial charge in [0.25, 0.3) is 5.91 Å². The molecule has 0 saturated carbocycles. The Kier molecular flexibility index (Phi) is 8.34. The van der Waals surface area contributed by atoms with Gasteiger partial charge >= 0.3 is 11.9 Å². The highest BCUT2D eigenvalue weighted by atomic mass is 32.1. The summed E-state index contributed by atoms with van der Waals surface area (Å²) in [6, 6.07) is 2.48. The molecule has 3 atom stereocenters. The molecule has 2 heterocycles. The number of unbranched alkanes of at least 4 members (excludes halogenated alkanes) is 1. The first-order valence-electron chi connectivity index (χ1n) is 10.0. The molecule has 1 fully saturated rings. The molecule has 0 bridgehead atoms. The van der Waals surface area contributed by atoms with Crippen molar-refractivity contribution in [1.29, 1.82) is 0 Å². The van der Waals surface area contributed by atoms with E-state index in [0.29, 0.717) is 12.8 Å². The van der Waals surface area contributed by atoms with E-state index in [2.05, 4.69) is 6.92 Å². The first kappa shape index (κ1) is 23.5. The van der Waals surface area contributed by atoms with Crippen molar-refractivity contribution in [2.45, 2.75) is 70.4 Å². The van der Waals surface area contributed by atoms with Gasteiger partial charge in [-0.05, 0) is 37.3 Å². The van der Waals surface area contributed by atoms with Gasteiger partial charge in [0.15, 0.2) is 0 Å². The number of nitrogens with zero attached hydrogens (tertiary/aromatic N) is 1. The Hall–Kier alpha value is -1.80. The van der Waals surface area contributed by atoms with Crippen molar-refractivity contribution in [1.82, 2.24) is 4.90 Å². The van der Waals surface area contributed by atoms with Crippen LogP contribution in [-0.2, 0) is 11.2 Å². The van der Waals surface area contributed by atoms with Crippen LogP contribution in [0, 0.1) is 5.92 Å². The minimum Gasteiger partial charge on any atom is -0.477 e. The summed E-state index contributed by atoms with van der Waals surface area (Å²) in [5, 5.41) is 19.2. The first-order chi connectivity index (χ1) is 13.7. The molecular weight excluding hydrogens is 400 g/mol. The summed E-state index contributed by atoms with van der Waals surface area (Å²) in [6.45, 7) is 4.15. The van der Waals surface area contributed by atoms with Crippen LogP contribution in [0.4, 0.5) is 8.78 Å². The van der Waals surface area contributed by atoms with Crippen molar-refractivity contribution >= 4 is 23.2 Å². The zero-order chi connectivity index (χ0) is 21.6. The van der Waals surface area contributed by atoms with Crippen molar-refractivity contribution in [2.24, 2.45) is 5.92 Å². The zero-order valence-corrected chi connectivity index (χ0v) is 17.6. The number of carbonyl (C=O) groups is 2. The molecule has 0 unspecified atom stereocenters. The van der Waals surface area contributed by atoms with Crippen LogP contribution < -0.4 is 0 Å². The first-order valence-corrected chi connectivity index (χ1v) is 10.8. The lowest BCUT2D eigenvalue weighted by Crippen LogP contribution is -2.36. The minimum absolute atomic E-state index is 0.0273. The molecule has 1 aromatic heterocycles. The van der Waals surface area contributed by atoms with Gasteiger partial charge in [0.1, 0.15) is 4.88 Å². The number of hydrogen-bond donors (Lipinski definition) is 2. The summed E-state index contributed by atoms with van der Waals surface area (Å²) in [6.07, 6.45) is 5.59. The number of rotatable bonds is 11. The number of likely N-dealkylation sites (tertiary alicyclic amines) is 1. The number of thiophene rings is 1. The Morgan fingerprint density at radius 3 is 2.76 bits per heavy atom. The van der Waals surface area contributed by atoms with E-state index in [9.17, 15) is 23.5 Å². The Bertz CT molecular complexity index is 734. The third kappa shape index (κ3) is 6.34. The van der Waals surface area contributed by atoms with Crippen LogP contribution in [0.25, 0.3) is 0 Å². The van der Waals surface area contributed by atoms with Crippen LogP contribution in [0.3, 0.4) is 0 Å². The largest absolute Gasteiger partial charge is 0.477 e. The van der Waals surface area contributed by atoms with E-state index < -0.39 is 36.4 Å². The fraction of sp³-hybridized carbons (Fsp3) is 0.619. The number of halogens is 2. The van der Waals surface area contributed by atoms with Crippen LogP contribution in [0.2, 0.25) is 0 Å². The fourth-order valence-electron chi connectivity index (χ4n) is 3.44. The molecule has 0 radical (unpaired) electrons. The molecule has 2 N–H and O–H groups in total. The molecule has 8 heteroatoms. The number of aromatic carboxylic acids is 1. The van der Waals surface area contributed by atoms with E-state index in [0.717, 1.165) is 35.5 Å². The molecule has 1 amide bonds. The van der Waals surface area contributed by atoms with Crippen LogP contribution in [-0.4, -0.2) is 51.6 Å². The average molecular weight is 430 g/mol. The van der Waals surface area contributed by atoms with Gasteiger partial charge in [-0.15, -0.1) is 11.3 Å². The maximum Gasteiger partial charge on any atom is 0.345 e. The van der Waals surface area contributed by atoms with Gasteiger partial charge in [-0.1, -0.05) is 38.8 Å². The molecule has 1 saturated heterocycles. The number of carbonyl (C=O) groups excluding carboxylic acids is 1. The molecule has 29 heavy (non-hydrogen) atoms. The predicted octanol–water partition coefficient (Wildman–Crippen LogP) is 4.36. The lowest BCUT2D eigenvalue weighted by Gasteiger charge is -2.22. The van der Waals surface area contributed by atoms with Gasteiger partial charge in [0.2, 0.25) is 0 Å². The summed E-state index contributed by atoms with van der Waals surface area (Å²) < 4.78 is 28.0. The molecular formula is C21H29F2NO4S. The van der Waals surface area contributed by atoms with E-state index in [1.165, 1.54) is 23.1 Å². The van der Waals surface area contributed by atoms with Gasteiger partial charge in [-0.3, -0.25) is 4.79 Å². The molecule has 1 aliphatic heterocycles. The van der Waals surface area contributed by atoms with Crippen molar-refractivity contribution in [2.75, 3.05) is 6.54 Å². The van der Waals surface area contributed by atoms with E-state index in [4.69, 9.17) is 5.11 Å². The highest BCUT2D eigenvalue weighted by Gasteiger charge is 2.52. The Morgan fingerprint density at radius 1 is 1.41 bits per heavy atom. The molecule has 162 valence electrons. The molecule has 0 aromatic carbocycles. The van der Waals surface area contributed by atoms with Crippen LogP contribution in [0.15, 0.2) is 24.3 Å². The quantitative estimate of drug-likeness (QED) is 0.513. The molecule has 5 nitrogen and oxygen atoms in total. The Labute approximate surface area is 174 Å². The molecule has 1 aromatic rings. The van der Waals surface area contributed by atoms with Crippen LogP contribution >= 0.6 is 11.3 Å². The second-order valence-corrected chi connectivity index (χ2v) is 8.81. The highest BCUT2D eigenvalue weighted by molar-refractivity contribution is 7.13. The number of aryl methyl sites for hydroxylation is 1. The SMILES string of the molecule is CCCC[C@H](C)[C@H](O)/C=C/[C@H]1CC(F)(F)C(=O)N1CCCc1ccc(C(=O)O)s1. The van der Waals surface area contributed by atoms with E-state index >= 15 is 0 Å². The third-order valence-electron chi connectivity index (χ3n) is 5.26. The number of aliphatic hydroxyl groups is 1. The maximum atomic E-state index is 14.0. The third-order valence-corrected chi connectivity index (χ3v) is 6.39. The van der Waals surface area contributed by atoms with Crippen LogP contribution in [0.5, 0.6) is 0 Å². The average Bonchev–Trinajstić information content (AvgIpc) is 3.22. The standard InChI is InChI=1S/C21H29F2NO4S/c1-3-4-6-14(2)17(25)10-8-15-13-21(22,23)20(28)24(15)12-5-7-16-9-11-18(29-16)19(26)27/h8-11,14-15,17,25H,3-7,12-13H2,1-2H3,(H,26,27)/b10-8+/t14-,15-,17+/m0/s1. The van der Waals surface area contributed by atoms with Crippen molar-refractivity contribution < 1.29 is 28.6 Å². The van der Waals surface area contributed by atoms with Gasteiger partial charge in [0, 0.05) is 17.8 Å². The summed E-state index contributed by atoms with van der Waals surface area (Å²) >= 11 is 1.15. The zero-order valence-electron chi connectivity index (χ0n) is 16.8. The van der Waals surface area contributed by atoms with E-state index in [-0.39, 0.29) is 17.3 Å². The number of carboxylic acid groups (broad SMARTS) is 1. The normalized spacial score (nSPS) is 21.1. The van der Waals surface area contributed by atoms with Crippen molar-refractivity contribution in [3.63, 3.8) is 0 Å². The van der Waals surface area contributed by atoms with Gasteiger partial charge in [-0.25, -0.2) is 4.79 Å². The Morgan fingerprint density at radius 2 is 2.14 bits per heavy atom. The van der Waals surface area contributed by atoms with Crippen molar-refractivity contribution in [3.05, 3.63) is 34.0 Å². The fourth-order valence-corrected chi connectivity index (χ4v) is 4.33. The molecule has 1 aliphatic rings. The number of carboxylic acids is 1. The molecule has 0 aliphatic carbocycles. The number of aliphatic hydroxyl groups excluding tert-OH is 1. The summed E-state index contributed by atoms with van der Waals surface area (Å²) in [5.74, 6) is -5.54. The monoisotopic (exact) mass is 429 g/mol. The number of hydrogen-bond acceptors (Lipinski definition) is 4. The lowest BCUT2D eigenvalue weighted by atomic mass is 9.97. The lowest BCUT2D eigenvalue weighted by molar-refractivity contribution is -0.148.